The van der Waals surface area contributed by atoms with Gasteiger partial charge in [-0.2, -0.15) is 0 Å². The number of aliphatic hydroxyl groups is 2. The van der Waals surface area contributed by atoms with E-state index in [0.717, 1.165) is 0 Å². The van der Waals surface area contributed by atoms with Gasteiger partial charge in [0, 0.05) is 0 Å². The van der Waals surface area contributed by atoms with Gasteiger partial charge in [-0.15, -0.1) is 0 Å². The molecule has 7 heteroatoms. The first-order valence-corrected chi connectivity index (χ1v) is 8.01. The molecule has 0 radical (unpaired) electrons. The molecule has 0 aliphatic carbocycles. The first-order valence-electron chi connectivity index (χ1n) is 5.81. The van der Waals surface area contributed by atoms with E-state index in [-0.39, 0.29) is 16.5 Å². The van der Waals surface area contributed by atoms with Gasteiger partial charge in [0.1, 0.15) is 18.0 Å². The van der Waals surface area contributed by atoms with Crippen molar-refractivity contribution in [3.8, 4) is 5.75 Å². The Labute approximate surface area is 116 Å². The minimum Gasteiger partial charge on any atom is -0.485 e. The SMILES string of the molecule is CC(O)c1ccc(OC2CS(=O)(=O)CC2O)c(Cl)c1. The first kappa shape index (κ1) is 14.6. The van der Waals surface area contributed by atoms with E-state index in [1.807, 2.05) is 0 Å². The number of aliphatic hydroxyl groups excluding tert-OH is 2. The monoisotopic (exact) mass is 306 g/mol. The van der Waals surface area contributed by atoms with Crippen molar-refractivity contribution in [1.29, 1.82) is 0 Å². The molecule has 1 heterocycles. The lowest BCUT2D eigenvalue weighted by atomic mass is 10.1. The van der Waals surface area contributed by atoms with Crippen LogP contribution in [0.3, 0.4) is 0 Å². The molecule has 0 saturated carbocycles. The quantitative estimate of drug-likeness (QED) is 0.868. The smallest absolute Gasteiger partial charge is 0.156 e. The molecule has 3 atom stereocenters. The number of hydrogen-bond donors (Lipinski definition) is 2. The van der Waals surface area contributed by atoms with Crippen LogP contribution in [0.15, 0.2) is 18.2 Å². The standard InChI is InChI=1S/C12H15ClO5S/c1-7(14)8-2-3-11(9(13)4-8)18-12-6-19(16,17)5-10(12)15/h2-4,7,10,12,14-15H,5-6H2,1H3. The van der Waals surface area contributed by atoms with Crippen molar-refractivity contribution in [2.24, 2.45) is 0 Å². The first-order chi connectivity index (χ1) is 8.78. The lowest BCUT2D eigenvalue weighted by Gasteiger charge is -2.17. The molecule has 1 saturated heterocycles. The molecule has 5 nitrogen and oxygen atoms in total. The largest absolute Gasteiger partial charge is 0.485 e. The maximum absolute atomic E-state index is 11.4. The topological polar surface area (TPSA) is 83.8 Å². The van der Waals surface area contributed by atoms with Gasteiger partial charge in [-0.25, -0.2) is 8.42 Å². The van der Waals surface area contributed by atoms with Crippen LogP contribution in [-0.4, -0.2) is 42.3 Å². The van der Waals surface area contributed by atoms with Gasteiger partial charge in [-0.1, -0.05) is 17.7 Å². The molecule has 0 spiro atoms. The summed E-state index contributed by atoms with van der Waals surface area (Å²) in [6, 6.07) is 4.75. The number of halogens is 1. The highest BCUT2D eigenvalue weighted by atomic mass is 35.5. The molecule has 1 aromatic rings. The molecule has 106 valence electrons. The molecule has 1 aromatic carbocycles. The minimum absolute atomic E-state index is 0.220. The Hall–Kier alpha value is -0.820. The zero-order valence-corrected chi connectivity index (χ0v) is 11.9. The van der Waals surface area contributed by atoms with Crippen LogP contribution in [0.2, 0.25) is 5.02 Å². The Morgan fingerprint density at radius 2 is 2.11 bits per heavy atom. The van der Waals surface area contributed by atoms with Crippen LogP contribution < -0.4 is 4.74 Å². The number of rotatable bonds is 3. The molecular formula is C12H15ClO5S. The number of ether oxygens (including phenoxy) is 1. The van der Waals surface area contributed by atoms with E-state index in [1.54, 1.807) is 25.1 Å². The van der Waals surface area contributed by atoms with E-state index in [2.05, 4.69) is 0 Å². The van der Waals surface area contributed by atoms with Gasteiger partial charge < -0.3 is 14.9 Å². The average molecular weight is 307 g/mol. The van der Waals surface area contributed by atoms with Crippen LogP contribution in [0.25, 0.3) is 0 Å². The second-order valence-electron chi connectivity index (χ2n) is 4.67. The highest BCUT2D eigenvalue weighted by molar-refractivity contribution is 7.91. The Morgan fingerprint density at radius 3 is 2.58 bits per heavy atom. The summed E-state index contributed by atoms with van der Waals surface area (Å²) < 4.78 is 28.2. The molecule has 1 aliphatic heterocycles. The van der Waals surface area contributed by atoms with Crippen LogP contribution in [0, 0.1) is 0 Å². The normalized spacial score (nSPS) is 27.2. The number of hydrogen-bond acceptors (Lipinski definition) is 5. The third-order valence-corrected chi connectivity index (χ3v) is 4.97. The molecule has 2 N–H and O–H groups in total. The summed E-state index contributed by atoms with van der Waals surface area (Å²) >= 11 is 6.00. The molecule has 0 amide bonds. The fourth-order valence-electron chi connectivity index (χ4n) is 1.95. The molecule has 3 unspecified atom stereocenters. The Bertz CT molecular complexity index is 569. The van der Waals surface area contributed by atoms with Crippen LogP contribution in [0.4, 0.5) is 0 Å². The summed E-state index contributed by atoms with van der Waals surface area (Å²) in [5, 5.41) is 19.3. The lowest BCUT2D eigenvalue weighted by Crippen LogP contribution is -2.29. The van der Waals surface area contributed by atoms with Crippen LogP contribution >= 0.6 is 11.6 Å². The van der Waals surface area contributed by atoms with Gasteiger partial charge in [0.15, 0.2) is 9.84 Å². The highest BCUT2D eigenvalue weighted by Gasteiger charge is 2.38. The summed E-state index contributed by atoms with van der Waals surface area (Å²) in [6.07, 6.45) is -2.50. The van der Waals surface area contributed by atoms with Crippen molar-refractivity contribution in [2.45, 2.75) is 25.2 Å². The highest BCUT2D eigenvalue weighted by Crippen LogP contribution is 2.30. The number of sulfone groups is 1. The molecule has 1 fully saturated rings. The van der Waals surface area contributed by atoms with Gasteiger partial charge in [-0.05, 0) is 24.6 Å². The number of benzene rings is 1. The second kappa shape index (κ2) is 5.28. The van der Waals surface area contributed by atoms with Crippen molar-refractivity contribution in [3.63, 3.8) is 0 Å². The maximum Gasteiger partial charge on any atom is 0.156 e. The van der Waals surface area contributed by atoms with Crippen LogP contribution in [0.1, 0.15) is 18.6 Å². The summed E-state index contributed by atoms with van der Waals surface area (Å²) in [6.45, 7) is 1.61. The Morgan fingerprint density at radius 1 is 1.42 bits per heavy atom. The predicted octanol–water partition coefficient (Wildman–Crippen LogP) is 0.930. The fraction of sp³-hybridized carbons (Fsp3) is 0.500. The van der Waals surface area contributed by atoms with E-state index in [9.17, 15) is 18.6 Å². The zero-order valence-electron chi connectivity index (χ0n) is 10.3. The molecule has 0 aromatic heterocycles. The molecule has 2 rings (SSSR count). The third kappa shape index (κ3) is 3.39. The van der Waals surface area contributed by atoms with Gasteiger partial charge in [-0.3, -0.25) is 0 Å². The Kier molecular flexibility index (Phi) is 4.06. The molecule has 1 aliphatic rings. The fourth-order valence-corrected chi connectivity index (χ4v) is 3.84. The summed E-state index contributed by atoms with van der Waals surface area (Å²) in [5.41, 5.74) is 0.636. The lowest BCUT2D eigenvalue weighted by molar-refractivity contribution is 0.0738. The maximum atomic E-state index is 11.4. The van der Waals surface area contributed by atoms with Gasteiger partial charge >= 0.3 is 0 Å². The van der Waals surface area contributed by atoms with E-state index >= 15 is 0 Å². The summed E-state index contributed by atoms with van der Waals surface area (Å²) in [4.78, 5) is 0. The van der Waals surface area contributed by atoms with E-state index in [1.165, 1.54) is 0 Å². The van der Waals surface area contributed by atoms with E-state index < -0.39 is 28.1 Å². The van der Waals surface area contributed by atoms with Gasteiger partial charge in [0.25, 0.3) is 0 Å². The van der Waals surface area contributed by atoms with E-state index in [4.69, 9.17) is 16.3 Å². The molecule has 19 heavy (non-hydrogen) atoms. The van der Waals surface area contributed by atoms with Crippen molar-refractivity contribution in [3.05, 3.63) is 28.8 Å². The van der Waals surface area contributed by atoms with Crippen molar-refractivity contribution < 1.29 is 23.4 Å². The van der Waals surface area contributed by atoms with Crippen LogP contribution in [-0.2, 0) is 9.84 Å². The van der Waals surface area contributed by atoms with E-state index in [0.29, 0.717) is 11.3 Å². The second-order valence-corrected chi connectivity index (χ2v) is 7.23. The Balaban J connectivity index is 2.16. The third-order valence-electron chi connectivity index (χ3n) is 2.99. The summed E-state index contributed by atoms with van der Waals surface area (Å²) in [5.74, 6) is -0.212. The minimum atomic E-state index is -3.26. The summed E-state index contributed by atoms with van der Waals surface area (Å²) in [7, 11) is -3.26. The van der Waals surface area contributed by atoms with Gasteiger partial charge in [0.05, 0.1) is 22.6 Å². The average Bonchev–Trinajstić information content (AvgIpc) is 2.54. The van der Waals surface area contributed by atoms with Gasteiger partial charge in [0.2, 0.25) is 0 Å². The zero-order chi connectivity index (χ0) is 14.2. The van der Waals surface area contributed by atoms with Crippen molar-refractivity contribution >= 4 is 21.4 Å². The predicted molar refractivity (Wildman–Crippen MR) is 71.2 cm³/mol. The molecule has 0 bridgehead atoms. The van der Waals surface area contributed by atoms with Crippen molar-refractivity contribution in [1.82, 2.24) is 0 Å². The van der Waals surface area contributed by atoms with Crippen molar-refractivity contribution in [2.75, 3.05) is 11.5 Å². The van der Waals surface area contributed by atoms with Crippen LogP contribution in [0.5, 0.6) is 5.75 Å². The molecular weight excluding hydrogens is 292 g/mol.